The monoisotopic (exact) mass is 259 g/mol. The molecule has 4 N–H and O–H groups in total. The van der Waals surface area contributed by atoms with Crippen molar-refractivity contribution in [2.24, 2.45) is 0 Å². The van der Waals surface area contributed by atoms with E-state index in [0.717, 1.165) is 4.57 Å². The minimum Gasteiger partial charge on any atom is -0.394 e. The molecule has 0 amide bonds. The molecule has 0 bridgehead atoms. The lowest BCUT2D eigenvalue weighted by Crippen LogP contribution is -2.34. The molecule has 1 fully saturated rings. The molecular weight excluding hydrogens is 245 g/mol. The van der Waals surface area contributed by atoms with Crippen molar-refractivity contribution in [1.82, 2.24) is 9.55 Å². The SMILES string of the molecule is Cc1cn([C@@H]2O[C@H](CO)[C@@H](O)C2F)c(=O)nc1N. The normalized spacial score (nSPS) is 31.8. The number of aliphatic hydroxyl groups excluding tert-OH is 2. The highest BCUT2D eigenvalue weighted by Gasteiger charge is 2.45. The van der Waals surface area contributed by atoms with Gasteiger partial charge in [-0.1, -0.05) is 0 Å². The summed E-state index contributed by atoms with van der Waals surface area (Å²) in [6.45, 7) is 1.08. The molecule has 1 saturated heterocycles. The van der Waals surface area contributed by atoms with Crippen LogP contribution in [0.25, 0.3) is 0 Å². The Hall–Kier alpha value is -1.51. The summed E-state index contributed by atoms with van der Waals surface area (Å²) >= 11 is 0. The number of halogens is 1. The molecule has 0 spiro atoms. The van der Waals surface area contributed by atoms with Gasteiger partial charge in [0.15, 0.2) is 12.4 Å². The zero-order chi connectivity index (χ0) is 13.4. The number of hydrogen-bond donors (Lipinski definition) is 3. The van der Waals surface area contributed by atoms with Gasteiger partial charge in [-0.2, -0.15) is 4.98 Å². The lowest BCUT2D eigenvalue weighted by Gasteiger charge is -2.16. The van der Waals surface area contributed by atoms with E-state index in [1.54, 1.807) is 6.92 Å². The topological polar surface area (TPSA) is 111 Å². The number of hydrogen-bond acceptors (Lipinski definition) is 6. The zero-order valence-electron chi connectivity index (χ0n) is 9.65. The number of rotatable bonds is 2. The third kappa shape index (κ3) is 1.98. The Kier molecular flexibility index (Phi) is 3.33. The standard InChI is InChI=1S/C10H14FN3O4/c1-4-2-14(10(17)13-8(4)12)9-6(11)7(16)5(3-15)18-9/h2,5-7,9,15-16H,3H2,1H3,(H2,12,13,17)/t5-,6?,7-,9-/m1/s1. The fraction of sp³-hybridized carbons (Fsp3) is 0.600. The third-order valence-electron chi connectivity index (χ3n) is 2.92. The first-order valence-electron chi connectivity index (χ1n) is 5.39. The Morgan fingerprint density at radius 3 is 2.89 bits per heavy atom. The fourth-order valence-electron chi connectivity index (χ4n) is 1.84. The van der Waals surface area contributed by atoms with Crippen LogP contribution in [0, 0.1) is 6.92 Å². The van der Waals surface area contributed by atoms with Gasteiger partial charge in [0.2, 0.25) is 0 Å². The molecule has 100 valence electrons. The van der Waals surface area contributed by atoms with E-state index in [1.807, 2.05) is 0 Å². The molecule has 7 nitrogen and oxygen atoms in total. The summed E-state index contributed by atoms with van der Waals surface area (Å²) in [5.41, 5.74) is 5.18. The van der Waals surface area contributed by atoms with E-state index >= 15 is 0 Å². The van der Waals surface area contributed by atoms with Gasteiger partial charge >= 0.3 is 5.69 Å². The highest BCUT2D eigenvalue weighted by atomic mass is 19.1. The Balaban J connectivity index is 2.39. The van der Waals surface area contributed by atoms with Gasteiger partial charge in [-0.15, -0.1) is 0 Å². The highest BCUT2D eigenvalue weighted by Crippen LogP contribution is 2.30. The van der Waals surface area contributed by atoms with E-state index in [0.29, 0.717) is 5.56 Å². The number of anilines is 1. The maximum absolute atomic E-state index is 13.8. The second kappa shape index (κ2) is 4.63. The minimum atomic E-state index is -1.82. The molecule has 0 aromatic carbocycles. The molecule has 18 heavy (non-hydrogen) atoms. The predicted octanol–water partition coefficient (Wildman–Crippen LogP) is -1.28. The second-order valence-corrected chi connectivity index (χ2v) is 4.18. The van der Waals surface area contributed by atoms with Crippen LogP contribution in [0.4, 0.5) is 10.2 Å². The van der Waals surface area contributed by atoms with Crippen LogP contribution in [-0.2, 0) is 4.74 Å². The molecule has 0 saturated carbocycles. The van der Waals surface area contributed by atoms with Crippen LogP contribution in [0.3, 0.4) is 0 Å². The molecule has 2 rings (SSSR count). The number of nitrogen functional groups attached to an aromatic ring is 1. The Bertz CT molecular complexity index is 506. The van der Waals surface area contributed by atoms with Gasteiger partial charge in [0.1, 0.15) is 18.0 Å². The van der Waals surface area contributed by atoms with Gasteiger partial charge in [-0.05, 0) is 6.92 Å². The maximum atomic E-state index is 13.8. The van der Waals surface area contributed by atoms with Crippen LogP contribution in [0.15, 0.2) is 11.0 Å². The lowest BCUT2D eigenvalue weighted by atomic mass is 10.1. The molecule has 1 aromatic heterocycles. The second-order valence-electron chi connectivity index (χ2n) is 4.18. The number of alkyl halides is 1. The van der Waals surface area contributed by atoms with Crippen LogP contribution in [0.1, 0.15) is 11.8 Å². The van der Waals surface area contributed by atoms with E-state index < -0.39 is 36.9 Å². The Labute approximate surface area is 102 Å². The molecule has 1 unspecified atom stereocenters. The third-order valence-corrected chi connectivity index (χ3v) is 2.92. The molecule has 1 aromatic rings. The molecule has 0 aliphatic carbocycles. The van der Waals surface area contributed by atoms with Gasteiger partial charge in [0, 0.05) is 11.8 Å². The summed E-state index contributed by atoms with van der Waals surface area (Å²) in [7, 11) is 0. The van der Waals surface area contributed by atoms with Crippen molar-refractivity contribution in [1.29, 1.82) is 0 Å². The molecule has 4 atom stereocenters. The first kappa shape index (κ1) is 12.9. The van der Waals surface area contributed by atoms with Crippen molar-refractivity contribution in [2.45, 2.75) is 31.5 Å². The number of nitrogens with zero attached hydrogens (tertiary/aromatic N) is 2. The van der Waals surface area contributed by atoms with Crippen LogP contribution < -0.4 is 11.4 Å². The van der Waals surface area contributed by atoms with Crippen molar-refractivity contribution in [3.05, 3.63) is 22.2 Å². The molecular formula is C10H14FN3O4. The zero-order valence-corrected chi connectivity index (χ0v) is 9.65. The van der Waals surface area contributed by atoms with Gasteiger partial charge in [0.05, 0.1) is 6.61 Å². The lowest BCUT2D eigenvalue weighted by molar-refractivity contribution is -0.0491. The largest absolute Gasteiger partial charge is 0.394 e. The van der Waals surface area contributed by atoms with Crippen molar-refractivity contribution >= 4 is 5.82 Å². The summed E-state index contributed by atoms with van der Waals surface area (Å²) < 4.78 is 19.8. The molecule has 0 radical (unpaired) electrons. The van der Waals surface area contributed by atoms with E-state index in [4.69, 9.17) is 15.6 Å². The van der Waals surface area contributed by atoms with E-state index in [-0.39, 0.29) is 5.82 Å². The number of aryl methyl sites for hydroxylation is 1. The molecule has 1 aliphatic rings. The number of ether oxygens (including phenoxy) is 1. The molecule has 8 heteroatoms. The number of nitrogens with two attached hydrogens (primary N) is 1. The first-order valence-corrected chi connectivity index (χ1v) is 5.39. The maximum Gasteiger partial charge on any atom is 0.351 e. The Morgan fingerprint density at radius 1 is 1.67 bits per heavy atom. The number of aromatic nitrogens is 2. The van der Waals surface area contributed by atoms with Crippen LogP contribution in [0.2, 0.25) is 0 Å². The Morgan fingerprint density at radius 2 is 2.33 bits per heavy atom. The fourth-order valence-corrected chi connectivity index (χ4v) is 1.84. The van der Waals surface area contributed by atoms with Crippen LogP contribution >= 0.6 is 0 Å². The predicted molar refractivity (Wildman–Crippen MR) is 59.5 cm³/mol. The van der Waals surface area contributed by atoms with E-state index in [9.17, 15) is 14.3 Å². The quantitative estimate of drug-likeness (QED) is 0.610. The summed E-state index contributed by atoms with van der Waals surface area (Å²) in [5, 5.41) is 18.4. The smallest absolute Gasteiger partial charge is 0.351 e. The van der Waals surface area contributed by atoms with Crippen molar-refractivity contribution in [2.75, 3.05) is 12.3 Å². The summed E-state index contributed by atoms with van der Waals surface area (Å²) in [5.74, 6) is 0.0592. The average molecular weight is 259 g/mol. The van der Waals surface area contributed by atoms with E-state index in [2.05, 4.69) is 4.98 Å². The van der Waals surface area contributed by atoms with Gasteiger partial charge in [0.25, 0.3) is 0 Å². The van der Waals surface area contributed by atoms with Crippen molar-refractivity contribution in [3.63, 3.8) is 0 Å². The minimum absolute atomic E-state index is 0.0592. The molecule has 2 heterocycles. The summed E-state index contributed by atoms with van der Waals surface area (Å²) in [6, 6.07) is 0. The van der Waals surface area contributed by atoms with E-state index in [1.165, 1.54) is 6.20 Å². The first-order chi connectivity index (χ1) is 8.45. The van der Waals surface area contributed by atoms with Crippen molar-refractivity contribution in [3.8, 4) is 0 Å². The summed E-state index contributed by atoms with van der Waals surface area (Å²) in [6.07, 6.45) is -4.35. The summed E-state index contributed by atoms with van der Waals surface area (Å²) in [4.78, 5) is 15.1. The number of aliphatic hydroxyl groups is 2. The van der Waals surface area contributed by atoms with Crippen LogP contribution in [-0.4, -0.2) is 44.8 Å². The van der Waals surface area contributed by atoms with Gasteiger partial charge in [-0.3, -0.25) is 4.57 Å². The molecule has 1 aliphatic heterocycles. The van der Waals surface area contributed by atoms with Gasteiger partial charge in [-0.25, -0.2) is 9.18 Å². The van der Waals surface area contributed by atoms with Crippen molar-refractivity contribution < 1.29 is 19.3 Å². The average Bonchev–Trinajstić information content (AvgIpc) is 2.61. The highest BCUT2D eigenvalue weighted by molar-refractivity contribution is 5.35. The van der Waals surface area contributed by atoms with Crippen LogP contribution in [0.5, 0.6) is 0 Å². The van der Waals surface area contributed by atoms with Gasteiger partial charge < -0.3 is 20.7 Å².